The number of hydrogen-bond donors (Lipinski definition) is 0. The van der Waals surface area contributed by atoms with Gasteiger partial charge in [0.1, 0.15) is 6.10 Å². The Hall–Kier alpha value is -0.510. The van der Waals surface area contributed by atoms with Crippen molar-refractivity contribution in [1.82, 2.24) is 4.67 Å². The van der Waals surface area contributed by atoms with E-state index in [0.717, 1.165) is 19.6 Å². The van der Waals surface area contributed by atoms with E-state index in [4.69, 9.17) is 13.8 Å². The molecule has 1 aromatic rings. The largest absolute Gasteiger partial charge is 0.375 e. The number of benzene rings is 1. The van der Waals surface area contributed by atoms with Crippen LogP contribution in [-0.2, 0) is 13.8 Å². The summed E-state index contributed by atoms with van der Waals surface area (Å²) in [6, 6.07) is 11.1. The summed E-state index contributed by atoms with van der Waals surface area (Å²) in [6.45, 7) is 6.30. The minimum Gasteiger partial charge on any atom is -0.375 e. The predicted molar refractivity (Wildman–Crippen MR) is 91.0 cm³/mol. The number of nitrogens with zero attached hydrogens (tertiary/aromatic N) is 1. The number of hydrogen-bond acceptors (Lipinski definition) is 4. The van der Waals surface area contributed by atoms with Crippen LogP contribution in [0.5, 0.6) is 0 Å². The number of ether oxygens (including phenoxy) is 1. The molecule has 23 heavy (non-hydrogen) atoms. The third-order valence-corrected chi connectivity index (χ3v) is 7.02. The van der Waals surface area contributed by atoms with E-state index >= 15 is 0 Å². The van der Waals surface area contributed by atoms with Gasteiger partial charge in [-0.1, -0.05) is 44.2 Å². The molecule has 3 heterocycles. The molecule has 3 saturated heterocycles. The topological polar surface area (TPSA) is 30.9 Å². The SMILES string of the molecule is CC[C@H]1OCC(C)[C@H]1O[P@@]1O[C@H](c2ccccc2)[C@@H]2CCCN21. The first kappa shape index (κ1) is 16.0. The maximum absolute atomic E-state index is 6.50. The van der Waals surface area contributed by atoms with Crippen LogP contribution in [0.15, 0.2) is 30.3 Å². The normalized spacial score (nSPS) is 40.6. The van der Waals surface area contributed by atoms with Crippen molar-refractivity contribution in [2.24, 2.45) is 5.92 Å². The van der Waals surface area contributed by atoms with Gasteiger partial charge in [0.25, 0.3) is 8.53 Å². The second-order valence-electron chi connectivity index (χ2n) is 6.87. The van der Waals surface area contributed by atoms with Gasteiger partial charge in [0.15, 0.2) is 0 Å². The van der Waals surface area contributed by atoms with E-state index in [-0.39, 0.29) is 18.3 Å². The first-order chi connectivity index (χ1) is 11.3. The van der Waals surface area contributed by atoms with Gasteiger partial charge >= 0.3 is 0 Å². The lowest BCUT2D eigenvalue weighted by atomic mass is 10.0. The van der Waals surface area contributed by atoms with Crippen LogP contribution in [0, 0.1) is 5.92 Å². The Balaban J connectivity index is 1.51. The first-order valence-corrected chi connectivity index (χ1v) is 9.97. The van der Waals surface area contributed by atoms with Gasteiger partial charge in [0, 0.05) is 18.5 Å². The zero-order valence-corrected chi connectivity index (χ0v) is 14.8. The molecule has 1 unspecified atom stereocenters. The fourth-order valence-electron chi connectivity index (χ4n) is 3.98. The molecule has 0 saturated carbocycles. The van der Waals surface area contributed by atoms with Crippen LogP contribution in [-0.4, -0.2) is 36.1 Å². The van der Waals surface area contributed by atoms with Crippen LogP contribution < -0.4 is 0 Å². The highest BCUT2D eigenvalue weighted by atomic mass is 31.2. The van der Waals surface area contributed by atoms with Gasteiger partial charge in [-0.3, -0.25) is 0 Å². The Morgan fingerprint density at radius 1 is 1.30 bits per heavy atom. The van der Waals surface area contributed by atoms with Crippen molar-refractivity contribution in [3.05, 3.63) is 35.9 Å². The molecule has 0 N–H and O–H groups in total. The molecule has 0 aromatic heterocycles. The zero-order valence-electron chi connectivity index (χ0n) is 13.9. The Morgan fingerprint density at radius 2 is 2.13 bits per heavy atom. The summed E-state index contributed by atoms with van der Waals surface area (Å²) >= 11 is 0. The molecule has 0 spiro atoms. The van der Waals surface area contributed by atoms with Crippen LogP contribution in [0.1, 0.15) is 44.8 Å². The van der Waals surface area contributed by atoms with Gasteiger partial charge in [0.05, 0.1) is 18.8 Å². The van der Waals surface area contributed by atoms with Gasteiger partial charge in [-0.25, -0.2) is 4.67 Å². The maximum Gasteiger partial charge on any atom is 0.260 e. The van der Waals surface area contributed by atoms with Gasteiger partial charge in [-0.15, -0.1) is 0 Å². The van der Waals surface area contributed by atoms with Crippen LogP contribution in [0.25, 0.3) is 0 Å². The molecule has 5 heteroatoms. The quantitative estimate of drug-likeness (QED) is 0.769. The van der Waals surface area contributed by atoms with Crippen molar-refractivity contribution >= 4 is 8.53 Å². The smallest absolute Gasteiger partial charge is 0.260 e. The average Bonchev–Trinajstić information content (AvgIpc) is 3.26. The highest BCUT2D eigenvalue weighted by Gasteiger charge is 2.49. The minimum atomic E-state index is -0.965. The minimum absolute atomic E-state index is 0.155. The molecule has 3 fully saturated rings. The summed E-state index contributed by atoms with van der Waals surface area (Å²) < 4.78 is 21.3. The van der Waals surface area contributed by atoms with E-state index in [0.29, 0.717) is 12.0 Å². The summed E-state index contributed by atoms with van der Waals surface area (Å²) in [5, 5.41) is 0. The molecular weight excluding hydrogens is 309 g/mol. The lowest BCUT2D eigenvalue weighted by molar-refractivity contribution is 0.0449. The second-order valence-corrected chi connectivity index (χ2v) is 8.29. The molecule has 0 bridgehead atoms. The predicted octanol–water partition coefficient (Wildman–Crippen LogP) is 4.28. The van der Waals surface area contributed by atoms with Crippen LogP contribution in [0.3, 0.4) is 0 Å². The van der Waals surface area contributed by atoms with E-state index in [2.05, 4.69) is 48.8 Å². The number of rotatable bonds is 4. The summed E-state index contributed by atoms with van der Waals surface area (Å²) in [4.78, 5) is 0. The van der Waals surface area contributed by atoms with E-state index in [1.807, 2.05) is 0 Å². The molecule has 4 rings (SSSR count). The zero-order chi connectivity index (χ0) is 15.8. The van der Waals surface area contributed by atoms with Crippen molar-refractivity contribution in [2.75, 3.05) is 13.2 Å². The maximum atomic E-state index is 6.50. The molecule has 0 aliphatic carbocycles. The molecule has 1 aromatic carbocycles. The first-order valence-electron chi connectivity index (χ1n) is 8.84. The molecule has 0 radical (unpaired) electrons. The fourth-order valence-corrected chi connectivity index (χ4v) is 6.07. The molecule has 4 nitrogen and oxygen atoms in total. The van der Waals surface area contributed by atoms with Crippen molar-refractivity contribution in [1.29, 1.82) is 0 Å². The molecule has 0 amide bonds. The van der Waals surface area contributed by atoms with Gasteiger partial charge in [-0.2, -0.15) is 0 Å². The van der Waals surface area contributed by atoms with Gasteiger partial charge in [0.2, 0.25) is 0 Å². The van der Waals surface area contributed by atoms with Crippen LogP contribution in [0.4, 0.5) is 0 Å². The van der Waals surface area contributed by atoms with Crippen LogP contribution in [0.2, 0.25) is 0 Å². The van der Waals surface area contributed by atoms with E-state index in [9.17, 15) is 0 Å². The Morgan fingerprint density at radius 3 is 2.91 bits per heavy atom. The van der Waals surface area contributed by atoms with Gasteiger partial charge < -0.3 is 13.8 Å². The molecule has 3 aliphatic heterocycles. The Bertz CT molecular complexity index is 528. The molecular formula is C18H26NO3P. The summed E-state index contributed by atoms with van der Waals surface area (Å²) in [6.07, 6.45) is 3.99. The van der Waals surface area contributed by atoms with E-state index < -0.39 is 8.53 Å². The van der Waals surface area contributed by atoms with Crippen LogP contribution >= 0.6 is 8.53 Å². The van der Waals surface area contributed by atoms with E-state index in [1.54, 1.807) is 0 Å². The third-order valence-electron chi connectivity index (χ3n) is 5.28. The Kier molecular flexibility index (Phi) is 4.71. The molecule has 126 valence electrons. The molecule has 6 atom stereocenters. The van der Waals surface area contributed by atoms with Crippen molar-refractivity contribution in [3.63, 3.8) is 0 Å². The van der Waals surface area contributed by atoms with Crippen molar-refractivity contribution in [3.8, 4) is 0 Å². The number of fused-ring (bicyclic) bond motifs is 1. The summed E-state index contributed by atoms with van der Waals surface area (Å²) in [5.41, 5.74) is 1.28. The summed E-state index contributed by atoms with van der Waals surface area (Å²) in [5.74, 6) is 0.447. The summed E-state index contributed by atoms with van der Waals surface area (Å²) in [7, 11) is -0.965. The molecule has 3 aliphatic rings. The monoisotopic (exact) mass is 335 g/mol. The fraction of sp³-hybridized carbons (Fsp3) is 0.667. The second kappa shape index (κ2) is 6.78. The standard InChI is InChI=1S/C18H26NO3P/c1-3-16-17(13(2)12-20-16)21-23-19-11-7-10-15(19)18(22-23)14-8-5-4-6-9-14/h4-6,8-9,13,15-18H,3,7,10-12H2,1-2H3/t13?,15-,16+,17+,18+,23-/m0/s1. The van der Waals surface area contributed by atoms with Gasteiger partial charge in [-0.05, 0) is 24.8 Å². The lowest BCUT2D eigenvalue weighted by Crippen LogP contribution is -2.29. The lowest BCUT2D eigenvalue weighted by Gasteiger charge is -2.27. The van der Waals surface area contributed by atoms with E-state index in [1.165, 1.54) is 18.4 Å². The third kappa shape index (κ3) is 2.96. The Labute approximate surface area is 140 Å². The average molecular weight is 335 g/mol. The van der Waals surface area contributed by atoms with Crippen molar-refractivity contribution in [2.45, 2.75) is 57.5 Å². The highest BCUT2D eigenvalue weighted by molar-refractivity contribution is 7.44. The highest BCUT2D eigenvalue weighted by Crippen LogP contribution is 2.61. The van der Waals surface area contributed by atoms with Crippen molar-refractivity contribution < 1.29 is 13.8 Å².